The lowest BCUT2D eigenvalue weighted by molar-refractivity contribution is -0.130. The number of carbonyl (C=O) groups is 2. The van der Waals surface area contributed by atoms with E-state index >= 15 is 0 Å². The second-order valence-electron chi connectivity index (χ2n) is 6.90. The van der Waals surface area contributed by atoms with Crippen molar-refractivity contribution >= 4 is 11.7 Å². The van der Waals surface area contributed by atoms with E-state index in [1.807, 2.05) is 4.90 Å². The quantitative estimate of drug-likeness (QED) is 0.857. The Morgan fingerprint density at radius 3 is 2.46 bits per heavy atom. The molecule has 0 radical (unpaired) electrons. The van der Waals surface area contributed by atoms with Gasteiger partial charge in [0.2, 0.25) is 5.91 Å². The van der Waals surface area contributed by atoms with Crippen LogP contribution in [-0.2, 0) is 11.2 Å². The molecule has 2 heterocycles. The molecule has 2 aliphatic heterocycles. The normalized spacial score (nSPS) is 23.5. The Labute approximate surface area is 143 Å². The van der Waals surface area contributed by atoms with Crippen LogP contribution < -0.4 is 10.1 Å². The Morgan fingerprint density at radius 1 is 1.21 bits per heavy atom. The summed E-state index contributed by atoms with van der Waals surface area (Å²) in [5, 5.41) is 3.46. The van der Waals surface area contributed by atoms with E-state index in [2.05, 4.69) is 5.32 Å². The number of nitrogens with zero attached hydrogens (tertiary/aromatic N) is 1. The number of Topliss-reactive ketones (excluding diaryl/α,β-unsaturated/α-hetero) is 1. The number of methoxy groups -OCH3 is 1. The SMILES string of the molecule is COc1ccc(C(C)=O)cc1CC(=O)N1CC[C@@H]2CNC[C@@H]2CC1. The molecule has 1 aromatic carbocycles. The van der Waals surface area contributed by atoms with Crippen LogP contribution in [0.15, 0.2) is 18.2 Å². The van der Waals surface area contributed by atoms with Crippen molar-refractivity contribution in [2.45, 2.75) is 26.2 Å². The predicted octanol–water partition coefficient (Wildman–Crippen LogP) is 1.90. The molecule has 1 N–H and O–H groups in total. The van der Waals surface area contributed by atoms with Gasteiger partial charge in [-0.25, -0.2) is 0 Å². The van der Waals surface area contributed by atoms with Gasteiger partial charge in [-0.15, -0.1) is 0 Å². The first-order valence-electron chi connectivity index (χ1n) is 8.75. The molecule has 0 saturated carbocycles. The van der Waals surface area contributed by atoms with Crippen molar-refractivity contribution in [3.8, 4) is 5.75 Å². The smallest absolute Gasteiger partial charge is 0.227 e. The first-order valence-corrected chi connectivity index (χ1v) is 8.75. The van der Waals surface area contributed by atoms with Crippen LogP contribution in [0.25, 0.3) is 0 Å². The number of amides is 1. The minimum absolute atomic E-state index is 0.00134. The maximum Gasteiger partial charge on any atom is 0.227 e. The van der Waals surface area contributed by atoms with E-state index in [9.17, 15) is 9.59 Å². The third-order valence-electron chi connectivity index (χ3n) is 5.40. The van der Waals surface area contributed by atoms with Crippen LogP contribution in [0.4, 0.5) is 0 Å². The van der Waals surface area contributed by atoms with Gasteiger partial charge < -0.3 is 15.0 Å². The molecule has 2 atom stereocenters. The third-order valence-corrected chi connectivity index (χ3v) is 5.40. The fourth-order valence-electron chi connectivity index (χ4n) is 3.88. The number of nitrogens with one attached hydrogen (secondary N) is 1. The van der Waals surface area contributed by atoms with Crippen LogP contribution in [0.3, 0.4) is 0 Å². The average Bonchev–Trinajstić information content (AvgIpc) is 2.92. The van der Waals surface area contributed by atoms with Gasteiger partial charge in [0.1, 0.15) is 5.75 Å². The number of hydrogen-bond acceptors (Lipinski definition) is 4. The Bertz CT molecular complexity index is 615. The van der Waals surface area contributed by atoms with Gasteiger partial charge in [-0.3, -0.25) is 9.59 Å². The van der Waals surface area contributed by atoms with Crippen LogP contribution in [0.2, 0.25) is 0 Å². The van der Waals surface area contributed by atoms with E-state index in [4.69, 9.17) is 4.74 Å². The first-order chi connectivity index (χ1) is 11.6. The van der Waals surface area contributed by atoms with Crippen molar-refractivity contribution in [2.75, 3.05) is 33.3 Å². The minimum Gasteiger partial charge on any atom is -0.496 e. The Morgan fingerprint density at radius 2 is 1.88 bits per heavy atom. The van der Waals surface area contributed by atoms with Gasteiger partial charge in [0.15, 0.2) is 5.78 Å². The first kappa shape index (κ1) is 17.0. The molecule has 3 rings (SSSR count). The maximum atomic E-state index is 12.8. The van der Waals surface area contributed by atoms with Gasteiger partial charge in [-0.05, 0) is 62.9 Å². The maximum absolute atomic E-state index is 12.8. The summed E-state index contributed by atoms with van der Waals surface area (Å²) >= 11 is 0. The molecule has 1 amide bonds. The van der Waals surface area contributed by atoms with Crippen LogP contribution in [0, 0.1) is 11.8 Å². The van der Waals surface area contributed by atoms with Crippen LogP contribution >= 0.6 is 0 Å². The minimum atomic E-state index is 0.00134. The zero-order valence-electron chi connectivity index (χ0n) is 14.5. The zero-order chi connectivity index (χ0) is 17.1. The molecule has 1 aromatic rings. The van der Waals surface area contributed by atoms with Crippen molar-refractivity contribution in [2.24, 2.45) is 11.8 Å². The van der Waals surface area contributed by atoms with Gasteiger partial charge in [0, 0.05) is 24.2 Å². The van der Waals surface area contributed by atoms with Crippen molar-refractivity contribution in [3.63, 3.8) is 0 Å². The molecule has 130 valence electrons. The lowest BCUT2D eigenvalue weighted by Crippen LogP contribution is -2.34. The van der Waals surface area contributed by atoms with Crippen molar-refractivity contribution in [1.29, 1.82) is 0 Å². The van der Waals surface area contributed by atoms with Crippen molar-refractivity contribution in [1.82, 2.24) is 10.2 Å². The molecule has 0 aliphatic carbocycles. The van der Waals surface area contributed by atoms with Gasteiger partial charge in [-0.1, -0.05) is 0 Å². The fourth-order valence-corrected chi connectivity index (χ4v) is 3.88. The van der Waals surface area contributed by atoms with Crippen molar-refractivity contribution in [3.05, 3.63) is 29.3 Å². The number of likely N-dealkylation sites (tertiary alicyclic amines) is 1. The Kier molecular flexibility index (Phi) is 5.19. The highest BCUT2D eigenvalue weighted by Gasteiger charge is 2.31. The topological polar surface area (TPSA) is 58.6 Å². The molecular formula is C19H26N2O3. The number of carbonyl (C=O) groups excluding carboxylic acids is 2. The molecule has 5 heteroatoms. The van der Waals surface area contributed by atoms with Gasteiger partial charge in [0.25, 0.3) is 0 Å². The molecule has 0 bridgehead atoms. The number of benzene rings is 1. The highest BCUT2D eigenvalue weighted by molar-refractivity contribution is 5.94. The van der Waals surface area contributed by atoms with E-state index in [0.29, 0.717) is 23.1 Å². The second-order valence-corrected chi connectivity index (χ2v) is 6.90. The number of fused-ring (bicyclic) bond motifs is 1. The lowest BCUT2D eigenvalue weighted by Gasteiger charge is -2.21. The number of ether oxygens (including phenoxy) is 1. The fraction of sp³-hybridized carbons (Fsp3) is 0.579. The number of ketones is 1. The predicted molar refractivity (Wildman–Crippen MR) is 92.4 cm³/mol. The molecule has 0 spiro atoms. The van der Waals surface area contributed by atoms with Crippen LogP contribution in [0.5, 0.6) is 5.75 Å². The summed E-state index contributed by atoms with van der Waals surface area (Å²) in [4.78, 5) is 26.3. The van der Waals surface area contributed by atoms with Gasteiger partial charge >= 0.3 is 0 Å². The standard InChI is InChI=1S/C19H26N2O3/c1-13(22)14-3-4-18(24-2)17(9-14)10-19(23)21-7-5-15-11-20-12-16(15)6-8-21/h3-4,9,15-16,20H,5-8,10-12H2,1-2H3/t15-,16+. The molecule has 2 saturated heterocycles. The van der Waals surface area contributed by atoms with E-state index in [-0.39, 0.29) is 18.1 Å². The molecule has 24 heavy (non-hydrogen) atoms. The van der Waals surface area contributed by atoms with Crippen LogP contribution in [-0.4, -0.2) is 49.9 Å². The largest absolute Gasteiger partial charge is 0.496 e. The summed E-state index contributed by atoms with van der Waals surface area (Å²) < 4.78 is 5.36. The Balaban J connectivity index is 1.70. The van der Waals surface area contributed by atoms with Crippen molar-refractivity contribution < 1.29 is 14.3 Å². The summed E-state index contributed by atoms with van der Waals surface area (Å²) in [5.74, 6) is 2.21. The van der Waals surface area contributed by atoms with E-state index in [0.717, 1.165) is 44.6 Å². The van der Waals surface area contributed by atoms with Gasteiger partial charge in [-0.2, -0.15) is 0 Å². The van der Waals surface area contributed by atoms with E-state index < -0.39 is 0 Å². The molecular weight excluding hydrogens is 304 g/mol. The van der Waals surface area contributed by atoms with E-state index in [1.54, 1.807) is 25.3 Å². The Hall–Kier alpha value is -1.88. The zero-order valence-corrected chi connectivity index (χ0v) is 14.5. The number of rotatable bonds is 4. The molecule has 2 fully saturated rings. The third kappa shape index (κ3) is 3.61. The molecule has 0 unspecified atom stereocenters. The molecule has 0 aromatic heterocycles. The lowest BCUT2D eigenvalue weighted by atomic mass is 9.92. The highest BCUT2D eigenvalue weighted by atomic mass is 16.5. The summed E-state index contributed by atoms with van der Waals surface area (Å²) in [7, 11) is 1.59. The number of hydrogen-bond donors (Lipinski definition) is 1. The summed E-state index contributed by atoms with van der Waals surface area (Å²) in [6.07, 6.45) is 2.44. The average molecular weight is 330 g/mol. The van der Waals surface area contributed by atoms with E-state index in [1.165, 1.54) is 6.92 Å². The second kappa shape index (κ2) is 7.34. The summed E-state index contributed by atoms with van der Waals surface area (Å²) in [6.45, 7) is 5.37. The summed E-state index contributed by atoms with van der Waals surface area (Å²) in [6, 6.07) is 5.31. The summed E-state index contributed by atoms with van der Waals surface area (Å²) in [5.41, 5.74) is 1.41. The van der Waals surface area contributed by atoms with Gasteiger partial charge in [0.05, 0.1) is 13.5 Å². The monoisotopic (exact) mass is 330 g/mol. The molecule has 2 aliphatic rings. The molecule has 5 nitrogen and oxygen atoms in total. The van der Waals surface area contributed by atoms with Crippen LogP contribution in [0.1, 0.15) is 35.7 Å². The highest BCUT2D eigenvalue weighted by Crippen LogP contribution is 2.28.